The number of hydrogen-bond acceptors (Lipinski definition) is 5. The van der Waals surface area contributed by atoms with Crippen molar-refractivity contribution in [3.05, 3.63) is 16.1 Å². The van der Waals surface area contributed by atoms with Gasteiger partial charge in [-0.2, -0.15) is 0 Å². The molecular weight excluding hydrogens is 489 g/mol. The molecule has 1 aliphatic heterocycles. The predicted octanol–water partition coefficient (Wildman–Crippen LogP) is 3.42. The van der Waals surface area contributed by atoms with E-state index in [9.17, 15) is 4.79 Å². The molecule has 0 radical (unpaired) electrons. The first-order valence-electron chi connectivity index (χ1n) is 9.60. The third-order valence-corrected chi connectivity index (χ3v) is 5.23. The molecule has 2 rings (SSSR count). The summed E-state index contributed by atoms with van der Waals surface area (Å²) in [6.45, 7) is 10.8. The second-order valence-electron chi connectivity index (χ2n) is 7.93. The lowest BCUT2D eigenvalue weighted by Gasteiger charge is -2.34. The number of aromatic nitrogens is 1. The normalized spacial score (nSPS) is 17.7. The number of aryl methyl sites for hydroxylation is 1. The predicted molar refractivity (Wildman–Crippen MR) is 126 cm³/mol. The number of piperidine rings is 1. The summed E-state index contributed by atoms with van der Waals surface area (Å²) in [6, 6.07) is 0. The van der Waals surface area contributed by atoms with Gasteiger partial charge in [-0.1, -0.05) is 0 Å². The summed E-state index contributed by atoms with van der Waals surface area (Å²) in [4.78, 5) is 24.0. The number of likely N-dealkylation sites (tertiary alicyclic amines) is 1. The van der Waals surface area contributed by atoms with Gasteiger partial charge < -0.3 is 20.3 Å². The summed E-state index contributed by atoms with van der Waals surface area (Å²) in [5, 5.41) is 7.85. The highest BCUT2D eigenvalue weighted by Crippen LogP contribution is 2.19. The van der Waals surface area contributed by atoms with E-state index in [1.54, 1.807) is 18.4 Å². The molecule has 0 saturated carbocycles. The van der Waals surface area contributed by atoms with E-state index < -0.39 is 5.60 Å². The first-order valence-corrected chi connectivity index (χ1v) is 10.4. The van der Waals surface area contributed by atoms with Crippen molar-refractivity contribution >= 4 is 47.4 Å². The summed E-state index contributed by atoms with van der Waals surface area (Å²) in [5.41, 5.74) is -0.454. The first-order chi connectivity index (χ1) is 12.8. The van der Waals surface area contributed by atoms with Crippen LogP contribution >= 0.6 is 35.3 Å². The van der Waals surface area contributed by atoms with Crippen molar-refractivity contribution in [2.24, 2.45) is 10.9 Å². The van der Waals surface area contributed by atoms with Crippen molar-refractivity contribution in [2.75, 3.05) is 33.2 Å². The number of halogens is 1. The molecule has 1 aromatic heterocycles. The minimum Gasteiger partial charge on any atom is -0.444 e. The first kappa shape index (κ1) is 24.9. The lowest BCUT2D eigenvalue weighted by atomic mass is 9.98. The molecule has 0 aliphatic carbocycles. The van der Waals surface area contributed by atoms with Gasteiger partial charge in [0.05, 0.1) is 5.01 Å². The van der Waals surface area contributed by atoms with Gasteiger partial charge in [-0.15, -0.1) is 35.3 Å². The van der Waals surface area contributed by atoms with Crippen LogP contribution in [0, 0.1) is 12.8 Å². The molecule has 9 heteroatoms. The number of thiazole rings is 1. The minimum absolute atomic E-state index is 0. The number of carbonyl (C=O) groups excluding carboxylic acids is 1. The fraction of sp³-hybridized carbons (Fsp3) is 0.737. The minimum atomic E-state index is -0.454. The van der Waals surface area contributed by atoms with Crippen LogP contribution in [0.15, 0.2) is 11.2 Å². The second kappa shape index (κ2) is 11.8. The topological polar surface area (TPSA) is 78.9 Å². The van der Waals surface area contributed by atoms with Crippen LogP contribution in [0.5, 0.6) is 0 Å². The van der Waals surface area contributed by atoms with Crippen LogP contribution < -0.4 is 10.6 Å². The van der Waals surface area contributed by atoms with E-state index in [-0.39, 0.29) is 30.1 Å². The van der Waals surface area contributed by atoms with E-state index in [0.717, 1.165) is 56.4 Å². The summed E-state index contributed by atoms with van der Waals surface area (Å²) in [6.07, 6.45) is 4.68. The molecule has 28 heavy (non-hydrogen) atoms. The van der Waals surface area contributed by atoms with Crippen molar-refractivity contribution in [2.45, 2.75) is 52.6 Å². The monoisotopic (exact) mass is 523 g/mol. The fourth-order valence-corrected chi connectivity index (χ4v) is 3.78. The van der Waals surface area contributed by atoms with Gasteiger partial charge in [-0.3, -0.25) is 4.99 Å². The Labute approximate surface area is 189 Å². The molecule has 1 aliphatic rings. The number of nitrogens with zero attached hydrogens (tertiary/aromatic N) is 3. The van der Waals surface area contributed by atoms with Crippen molar-refractivity contribution in [1.29, 1.82) is 0 Å². The number of hydrogen-bond donors (Lipinski definition) is 2. The second-order valence-corrected chi connectivity index (χ2v) is 9.25. The van der Waals surface area contributed by atoms with Crippen molar-refractivity contribution in [3.8, 4) is 0 Å². The molecule has 0 spiro atoms. The highest BCUT2D eigenvalue weighted by molar-refractivity contribution is 14.0. The Bertz CT molecular complexity index is 645. The van der Waals surface area contributed by atoms with Crippen LogP contribution in [0.2, 0.25) is 0 Å². The molecule has 1 aromatic rings. The lowest BCUT2D eigenvalue weighted by molar-refractivity contribution is 0.0168. The van der Waals surface area contributed by atoms with Crippen molar-refractivity contribution in [1.82, 2.24) is 20.5 Å². The van der Waals surface area contributed by atoms with Gasteiger partial charge in [0.1, 0.15) is 5.60 Å². The zero-order chi connectivity index (χ0) is 19.9. The zero-order valence-corrected chi connectivity index (χ0v) is 20.7. The average molecular weight is 523 g/mol. The van der Waals surface area contributed by atoms with E-state index in [4.69, 9.17) is 4.74 Å². The number of carbonyl (C=O) groups is 1. The van der Waals surface area contributed by atoms with E-state index in [1.807, 2.05) is 31.9 Å². The quantitative estimate of drug-likeness (QED) is 0.352. The Morgan fingerprint density at radius 3 is 2.79 bits per heavy atom. The number of guanidine groups is 1. The summed E-state index contributed by atoms with van der Waals surface area (Å²) >= 11 is 1.73. The Kier molecular flexibility index (Phi) is 10.5. The lowest BCUT2D eigenvalue weighted by Crippen LogP contribution is -2.47. The van der Waals surface area contributed by atoms with Crippen molar-refractivity contribution < 1.29 is 9.53 Å². The average Bonchev–Trinajstić information content (AvgIpc) is 3.02. The number of aliphatic imine (C=N–C) groups is 1. The molecule has 1 saturated heterocycles. The van der Waals surface area contributed by atoms with E-state index in [0.29, 0.717) is 5.92 Å². The zero-order valence-electron chi connectivity index (χ0n) is 17.6. The number of amides is 1. The summed E-state index contributed by atoms with van der Waals surface area (Å²) < 4.78 is 5.49. The molecule has 1 unspecified atom stereocenters. The molecule has 0 bridgehead atoms. The van der Waals surface area contributed by atoms with Crippen LogP contribution in [0.1, 0.15) is 43.5 Å². The van der Waals surface area contributed by atoms with E-state index in [2.05, 4.69) is 27.5 Å². The molecule has 160 valence electrons. The smallest absolute Gasteiger partial charge is 0.410 e. The Morgan fingerprint density at radius 2 is 2.18 bits per heavy atom. The third kappa shape index (κ3) is 8.93. The van der Waals surface area contributed by atoms with Crippen LogP contribution in [-0.4, -0.2) is 60.8 Å². The molecule has 1 fully saturated rings. The van der Waals surface area contributed by atoms with Gasteiger partial charge in [0.2, 0.25) is 0 Å². The van der Waals surface area contributed by atoms with Gasteiger partial charge in [0.15, 0.2) is 5.96 Å². The molecule has 1 amide bonds. The molecule has 2 N–H and O–H groups in total. The summed E-state index contributed by atoms with van der Waals surface area (Å²) in [7, 11) is 1.77. The number of rotatable bonds is 5. The van der Waals surface area contributed by atoms with Crippen LogP contribution in [0.3, 0.4) is 0 Å². The number of nitrogens with one attached hydrogen (secondary N) is 2. The van der Waals surface area contributed by atoms with Gasteiger partial charge in [-0.05, 0) is 46.5 Å². The molecule has 2 heterocycles. The fourth-order valence-electron chi connectivity index (χ4n) is 2.99. The Morgan fingerprint density at radius 1 is 1.43 bits per heavy atom. The van der Waals surface area contributed by atoms with Gasteiger partial charge in [-0.25, -0.2) is 9.78 Å². The van der Waals surface area contributed by atoms with Crippen molar-refractivity contribution in [3.63, 3.8) is 0 Å². The van der Waals surface area contributed by atoms with Gasteiger partial charge in [0, 0.05) is 50.7 Å². The van der Waals surface area contributed by atoms with E-state index >= 15 is 0 Å². The molecule has 1 atom stereocenters. The maximum Gasteiger partial charge on any atom is 0.410 e. The van der Waals surface area contributed by atoms with E-state index in [1.165, 1.54) is 4.88 Å². The van der Waals surface area contributed by atoms with Gasteiger partial charge >= 0.3 is 6.09 Å². The van der Waals surface area contributed by atoms with Crippen LogP contribution in [-0.2, 0) is 11.2 Å². The standard InChI is InChI=1S/C19H33N5O2S.HI/c1-14-11-22-16(27-14)8-9-21-17(20-5)23-12-15-7-6-10-24(13-15)18(25)26-19(2,3)4;/h11,15H,6-10,12-13H2,1-5H3,(H2,20,21,23);1H. The summed E-state index contributed by atoms with van der Waals surface area (Å²) in [5.74, 6) is 1.18. The molecule has 7 nitrogen and oxygen atoms in total. The molecular formula is C19H34IN5O2S. The Balaban J connectivity index is 0.00000392. The Hall–Kier alpha value is -1.10. The van der Waals surface area contributed by atoms with Crippen LogP contribution in [0.4, 0.5) is 4.79 Å². The SMILES string of the molecule is CN=C(NCCc1ncc(C)s1)NCC1CCCN(C(=O)OC(C)(C)C)C1.I. The number of ether oxygens (including phenoxy) is 1. The maximum atomic E-state index is 12.3. The third-order valence-electron chi connectivity index (χ3n) is 4.25. The largest absolute Gasteiger partial charge is 0.444 e. The van der Waals surface area contributed by atoms with Gasteiger partial charge in [0.25, 0.3) is 0 Å². The highest BCUT2D eigenvalue weighted by Gasteiger charge is 2.27. The molecule has 0 aromatic carbocycles. The van der Waals surface area contributed by atoms with Crippen LogP contribution in [0.25, 0.3) is 0 Å². The highest BCUT2D eigenvalue weighted by atomic mass is 127. The maximum absolute atomic E-state index is 12.3.